The minimum absolute atomic E-state index is 0.220. The fraction of sp³-hybridized carbons (Fsp3) is 0.333. The fourth-order valence-electron chi connectivity index (χ4n) is 3.33. The van der Waals surface area contributed by atoms with Crippen molar-refractivity contribution in [3.05, 3.63) is 78.3 Å². The highest BCUT2D eigenvalue weighted by molar-refractivity contribution is 5.93. The molecule has 2 amide bonds. The molecule has 2 aromatic heterocycles. The van der Waals surface area contributed by atoms with E-state index in [2.05, 4.69) is 15.6 Å². The normalized spacial score (nSPS) is 11.9. The lowest BCUT2D eigenvalue weighted by atomic mass is 10.1. The van der Waals surface area contributed by atoms with Gasteiger partial charge in [0.15, 0.2) is 0 Å². The van der Waals surface area contributed by atoms with Gasteiger partial charge in [0.2, 0.25) is 5.91 Å². The molecule has 35 heavy (non-hydrogen) atoms. The lowest BCUT2D eigenvalue weighted by Gasteiger charge is -2.27. The molecule has 0 aliphatic rings. The Morgan fingerprint density at radius 1 is 1.06 bits per heavy atom. The van der Waals surface area contributed by atoms with Crippen molar-refractivity contribution >= 4 is 18.1 Å². The summed E-state index contributed by atoms with van der Waals surface area (Å²) in [6, 6.07) is 13.8. The zero-order valence-electron chi connectivity index (χ0n) is 20.9. The summed E-state index contributed by atoms with van der Waals surface area (Å²) in [5, 5.41) is 10.3. The summed E-state index contributed by atoms with van der Waals surface area (Å²) in [5.41, 5.74) is 2.26. The summed E-state index contributed by atoms with van der Waals surface area (Å²) < 4.78 is 7.10. The van der Waals surface area contributed by atoms with Gasteiger partial charge in [-0.2, -0.15) is 5.10 Å². The van der Waals surface area contributed by atoms with Gasteiger partial charge in [-0.1, -0.05) is 30.3 Å². The third-order valence-electron chi connectivity index (χ3n) is 4.86. The molecule has 0 saturated heterocycles. The third-order valence-corrected chi connectivity index (χ3v) is 4.86. The van der Waals surface area contributed by atoms with Crippen molar-refractivity contribution in [1.29, 1.82) is 0 Å². The number of carbonyl (C=O) groups excluding carboxylic acids is 2. The van der Waals surface area contributed by atoms with Crippen LogP contribution in [0.25, 0.3) is 17.3 Å². The largest absolute Gasteiger partial charge is 0.444 e. The molecule has 1 aromatic carbocycles. The van der Waals surface area contributed by atoms with E-state index in [1.807, 2.05) is 67.2 Å². The standard InChI is InChI=1S/C27H33N5O3/c1-26(2,3)35-25(34)29-19-27(4,5)30-23(33)14-13-22-18-32(17-20-10-7-6-8-11-20)31-24(22)21-12-9-15-28-16-21/h6-16,18H,17,19H2,1-5H3,(H,29,34)(H,30,33). The molecule has 0 aliphatic carbocycles. The van der Waals surface area contributed by atoms with E-state index in [-0.39, 0.29) is 12.5 Å². The minimum Gasteiger partial charge on any atom is -0.444 e. The number of carbonyl (C=O) groups is 2. The van der Waals surface area contributed by atoms with Crippen LogP contribution in [0.4, 0.5) is 4.79 Å². The number of amides is 2. The average molecular weight is 476 g/mol. The van der Waals surface area contributed by atoms with E-state index in [9.17, 15) is 9.59 Å². The molecule has 0 radical (unpaired) electrons. The predicted molar refractivity (Wildman–Crippen MR) is 136 cm³/mol. The number of aromatic nitrogens is 3. The van der Waals surface area contributed by atoms with Crippen molar-refractivity contribution in [3.8, 4) is 11.3 Å². The summed E-state index contributed by atoms with van der Waals surface area (Å²) in [6.45, 7) is 9.88. The van der Waals surface area contributed by atoms with E-state index >= 15 is 0 Å². The van der Waals surface area contributed by atoms with Gasteiger partial charge in [0.1, 0.15) is 11.3 Å². The van der Waals surface area contributed by atoms with Crippen LogP contribution in [-0.4, -0.2) is 44.4 Å². The molecule has 0 fully saturated rings. The Morgan fingerprint density at radius 3 is 2.46 bits per heavy atom. The van der Waals surface area contributed by atoms with Crippen LogP contribution in [0.15, 0.2) is 67.1 Å². The number of nitrogens with one attached hydrogen (secondary N) is 2. The molecule has 3 aromatic rings. The van der Waals surface area contributed by atoms with Crippen LogP contribution in [0.5, 0.6) is 0 Å². The molecule has 0 atom stereocenters. The van der Waals surface area contributed by atoms with E-state index in [1.54, 1.807) is 39.2 Å². The lowest BCUT2D eigenvalue weighted by Crippen LogP contribution is -2.51. The Bertz CT molecular complexity index is 1160. The monoisotopic (exact) mass is 475 g/mol. The Kier molecular flexibility index (Phi) is 8.06. The SMILES string of the molecule is CC(C)(CNC(=O)OC(C)(C)C)NC(=O)C=Cc1cn(Cc2ccccc2)nc1-c1cccnc1. The molecule has 0 aliphatic heterocycles. The molecule has 2 heterocycles. The highest BCUT2D eigenvalue weighted by atomic mass is 16.6. The van der Waals surface area contributed by atoms with Crippen molar-refractivity contribution in [2.24, 2.45) is 0 Å². The maximum absolute atomic E-state index is 12.7. The highest BCUT2D eigenvalue weighted by Crippen LogP contribution is 2.23. The smallest absolute Gasteiger partial charge is 0.407 e. The first-order chi connectivity index (χ1) is 16.5. The van der Waals surface area contributed by atoms with Crippen molar-refractivity contribution in [2.45, 2.75) is 52.3 Å². The average Bonchev–Trinajstić information content (AvgIpc) is 3.19. The van der Waals surface area contributed by atoms with Crippen molar-refractivity contribution in [2.75, 3.05) is 6.54 Å². The van der Waals surface area contributed by atoms with Crippen molar-refractivity contribution < 1.29 is 14.3 Å². The quantitative estimate of drug-likeness (QED) is 0.470. The van der Waals surface area contributed by atoms with E-state index in [0.29, 0.717) is 6.54 Å². The molecule has 8 nitrogen and oxygen atoms in total. The Morgan fingerprint density at radius 2 is 1.80 bits per heavy atom. The van der Waals surface area contributed by atoms with Crippen LogP contribution in [0.3, 0.4) is 0 Å². The number of ether oxygens (including phenoxy) is 1. The van der Waals surface area contributed by atoms with Crippen molar-refractivity contribution in [1.82, 2.24) is 25.4 Å². The van der Waals surface area contributed by atoms with Gasteiger partial charge in [0, 0.05) is 42.3 Å². The molecule has 3 rings (SSSR count). The molecule has 2 N–H and O–H groups in total. The zero-order valence-corrected chi connectivity index (χ0v) is 20.9. The van der Waals surface area contributed by atoms with Gasteiger partial charge in [-0.3, -0.25) is 14.5 Å². The number of hydrogen-bond acceptors (Lipinski definition) is 5. The molecule has 8 heteroatoms. The minimum atomic E-state index is -0.679. The van der Waals surface area contributed by atoms with Gasteiger partial charge in [0.25, 0.3) is 0 Å². The fourth-order valence-corrected chi connectivity index (χ4v) is 3.33. The highest BCUT2D eigenvalue weighted by Gasteiger charge is 2.23. The van der Waals surface area contributed by atoms with E-state index in [4.69, 9.17) is 9.84 Å². The predicted octanol–water partition coefficient (Wildman–Crippen LogP) is 4.43. The topological polar surface area (TPSA) is 98.1 Å². The van der Waals surface area contributed by atoms with Crippen LogP contribution < -0.4 is 10.6 Å². The Balaban J connectivity index is 1.70. The van der Waals surface area contributed by atoms with Gasteiger partial charge in [-0.25, -0.2) is 4.79 Å². The van der Waals surface area contributed by atoms with Gasteiger partial charge in [0.05, 0.1) is 12.1 Å². The molecule has 0 spiro atoms. The second-order valence-electron chi connectivity index (χ2n) is 9.92. The van der Waals surface area contributed by atoms with Crippen molar-refractivity contribution in [3.63, 3.8) is 0 Å². The Labute approximate surface area is 206 Å². The van der Waals surface area contributed by atoms with Crippen LogP contribution in [0.1, 0.15) is 45.7 Å². The summed E-state index contributed by atoms with van der Waals surface area (Å²) in [4.78, 5) is 28.8. The van der Waals surface area contributed by atoms with Gasteiger partial charge in [-0.15, -0.1) is 0 Å². The van der Waals surface area contributed by atoms with E-state index in [0.717, 1.165) is 22.4 Å². The Hall–Kier alpha value is -3.94. The van der Waals surface area contributed by atoms with Crippen LogP contribution in [0, 0.1) is 0 Å². The number of nitrogens with zero attached hydrogens (tertiary/aromatic N) is 3. The maximum Gasteiger partial charge on any atom is 0.407 e. The summed E-state index contributed by atoms with van der Waals surface area (Å²) in [5.74, 6) is -0.283. The number of alkyl carbamates (subject to hydrolysis) is 1. The second kappa shape index (κ2) is 11.0. The number of benzene rings is 1. The third kappa shape index (κ3) is 8.41. The molecule has 0 saturated carbocycles. The maximum atomic E-state index is 12.7. The van der Waals surface area contributed by atoms with Gasteiger partial charge in [-0.05, 0) is 58.4 Å². The number of hydrogen-bond donors (Lipinski definition) is 2. The molecular formula is C27H33N5O3. The first kappa shape index (κ1) is 25.7. The lowest BCUT2D eigenvalue weighted by molar-refractivity contribution is -0.117. The first-order valence-electron chi connectivity index (χ1n) is 11.5. The molecule has 0 unspecified atom stereocenters. The molecule has 184 valence electrons. The molecular weight excluding hydrogens is 442 g/mol. The first-order valence-corrected chi connectivity index (χ1v) is 11.5. The van der Waals surface area contributed by atoms with E-state index < -0.39 is 17.2 Å². The second-order valence-corrected chi connectivity index (χ2v) is 9.92. The van der Waals surface area contributed by atoms with Gasteiger partial charge < -0.3 is 15.4 Å². The summed E-state index contributed by atoms with van der Waals surface area (Å²) in [6.07, 6.45) is 8.05. The summed E-state index contributed by atoms with van der Waals surface area (Å²) in [7, 11) is 0. The van der Waals surface area contributed by atoms with Crippen LogP contribution in [-0.2, 0) is 16.1 Å². The zero-order chi connectivity index (χ0) is 25.5. The van der Waals surface area contributed by atoms with Crippen LogP contribution in [0.2, 0.25) is 0 Å². The van der Waals surface area contributed by atoms with Gasteiger partial charge >= 0.3 is 6.09 Å². The van der Waals surface area contributed by atoms with E-state index in [1.165, 1.54) is 6.08 Å². The summed E-state index contributed by atoms with van der Waals surface area (Å²) >= 11 is 0. The number of pyridine rings is 1. The number of rotatable bonds is 8. The van der Waals surface area contributed by atoms with Crippen LogP contribution >= 0.6 is 0 Å². The molecule has 0 bridgehead atoms.